The third-order valence-electron chi connectivity index (χ3n) is 2.25. The zero-order valence-electron chi connectivity index (χ0n) is 9.22. The van der Waals surface area contributed by atoms with Crippen molar-refractivity contribution in [3.8, 4) is 0 Å². The van der Waals surface area contributed by atoms with Gasteiger partial charge in [0.25, 0.3) is 0 Å². The van der Waals surface area contributed by atoms with Crippen molar-refractivity contribution in [1.82, 2.24) is 5.32 Å². The van der Waals surface area contributed by atoms with Gasteiger partial charge >= 0.3 is 0 Å². The first kappa shape index (κ1) is 13.3. The van der Waals surface area contributed by atoms with Crippen molar-refractivity contribution in [2.24, 2.45) is 0 Å². The van der Waals surface area contributed by atoms with E-state index in [-0.39, 0.29) is 5.91 Å². The third-order valence-corrected chi connectivity index (χ3v) is 2.84. The molecular formula is C12H15Cl2NO. The molecule has 0 fully saturated rings. The van der Waals surface area contributed by atoms with Crippen molar-refractivity contribution in [1.29, 1.82) is 0 Å². The van der Waals surface area contributed by atoms with Crippen LogP contribution in [0.5, 0.6) is 0 Å². The minimum absolute atomic E-state index is 0.0628. The van der Waals surface area contributed by atoms with Crippen molar-refractivity contribution in [2.75, 3.05) is 0 Å². The molecule has 0 unspecified atom stereocenters. The van der Waals surface area contributed by atoms with E-state index in [1.165, 1.54) is 0 Å². The molecule has 1 rings (SSSR count). The summed E-state index contributed by atoms with van der Waals surface area (Å²) in [6, 6.07) is 5.27. The largest absolute Gasteiger partial charge is 0.352 e. The standard InChI is InChI=1S/C12H15Cl2NO/c1-2-3-4-12(16)15-8-9-5-6-10(13)7-11(9)14/h5-7H,2-4,8H2,1H3,(H,15,16). The molecule has 1 aromatic carbocycles. The molecule has 4 heteroatoms. The van der Waals surface area contributed by atoms with Crippen LogP contribution in [0.3, 0.4) is 0 Å². The summed E-state index contributed by atoms with van der Waals surface area (Å²) in [5.41, 5.74) is 0.885. The Balaban J connectivity index is 2.45. The number of amides is 1. The summed E-state index contributed by atoms with van der Waals surface area (Å²) >= 11 is 11.8. The summed E-state index contributed by atoms with van der Waals surface area (Å²) in [7, 11) is 0. The van der Waals surface area contributed by atoms with Crippen LogP contribution in [0.15, 0.2) is 18.2 Å². The van der Waals surface area contributed by atoms with Gasteiger partial charge in [-0.15, -0.1) is 0 Å². The highest BCUT2D eigenvalue weighted by atomic mass is 35.5. The van der Waals surface area contributed by atoms with Crippen molar-refractivity contribution in [2.45, 2.75) is 32.7 Å². The molecule has 0 saturated heterocycles. The van der Waals surface area contributed by atoms with E-state index in [1.807, 2.05) is 6.07 Å². The van der Waals surface area contributed by atoms with Crippen molar-refractivity contribution in [3.05, 3.63) is 33.8 Å². The van der Waals surface area contributed by atoms with Gasteiger partial charge in [0.1, 0.15) is 0 Å². The smallest absolute Gasteiger partial charge is 0.220 e. The zero-order chi connectivity index (χ0) is 12.0. The Morgan fingerprint density at radius 1 is 1.38 bits per heavy atom. The highest BCUT2D eigenvalue weighted by molar-refractivity contribution is 6.35. The molecule has 0 heterocycles. The minimum atomic E-state index is 0.0628. The maximum atomic E-state index is 11.4. The average molecular weight is 260 g/mol. The van der Waals surface area contributed by atoms with E-state index in [4.69, 9.17) is 23.2 Å². The molecule has 0 aliphatic carbocycles. The summed E-state index contributed by atoms with van der Waals surface area (Å²) < 4.78 is 0. The number of halogens is 2. The van der Waals surface area contributed by atoms with Gasteiger partial charge in [-0.3, -0.25) is 4.79 Å². The topological polar surface area (TPSA) is 29.1 Å². The Morgan fingerprint density at radius 3 is 2.75 bits per heavy atom. The highest BCUT2D eigenvalue weighted by Crippen LogP contribution is 2.20. The average Bonchev–Trinajstić information content (AvgIpc) is 2.25. The van der Waals surface area contributed by atoms with E-state index >= 15 is 0 Å². The fourth-order valence-electron chi connectivity index (χ4n) is 1.28. The Morgan fingerprint density at radius 2 is 2.12 bits per heavy atom. The molecule has 1 amide bonds. The van der Waals surface area contributed by atoms with Gasteiger partial charge in [0, 0.05) is 23.0 Å². The first-order valence-corrected chi connectivity index (χ1v) is 6.09. The van der Waals surface area contributed by atoms with E-state index < -0.39 is 0 Å². The SMILES string of the molecule is CCCCC(=O)NCc1ccc(Cl)cc1Cl. The zero-order valence-corrected chi connectivity index (χ0v) is 10.7. The first-order chi connectivity index (χ1) is 7.63. The highest BCUT2D eigenvalue weighted by Gasteiger charge is 2.04. The summed E-state index contributed by atoms with van der Waals surface area (Å²) in [4.78, 5) is 11.4. The second-order valence-electron chi connectivity index (χ2n) is 3.62. The van der Waals surface area contributed by atoms with E-state index in [0.29, 0.717) is 23.0 Å². The van der Waals surface area contributed by atoms with Crippen LogP contribution in [0.2, 0.25) is 10.0 Å². The van der Waals surface area contributed by atoms with E-state index in [0.717, 1.165) is 18.4 Å². The lowest BCUT2D eigenvalue weighted by Crippen LogP contribution is -2.22. The van der Waals surface area contributed by atoms with Crippen molar-refractivity contribution in [3.63, 3.8) is 0 Å². The van der Waals surface area contributed by atoms with Crippen LogP contribution in [-0.2, 0) is 11.3 Å². The van der Waals surface area contributed by atoms with Gasteiger partial charge in [0.05, 0.1) is 0 Å². The predicted octanol–water partition coefficient (Wildman–Crippen LogP) is 3.80. The molecule has 0 bridgehead atoms. The van der Waals surface area contributed by atoms with Gasteiger partial charge in [-0.25, -0.2) is 0 Å². The molecule has 0 aliphatic rings. The van der Waals surface area contributed by atoms with Crippen LogP contribution in [0.1, 0.15) is 31.7 Å². The fourth-order valence-corrected chi connectivity index (χ4v) is 1.76. The van der Waals surface area contributed by atoms with Crippen LogP contribution in [0, 0.1) is 0 Å². The number of unbranched alkanes of at least 4 members (excludes halogenated alkanes) is 1. The molecule has 0 spiro atoms. The van der Waals surface area contributed by atoms with Crippen LogP contribution in [0.4, 0.5) is 0 Å². The molecule has 1 N–H and O–H groups in total. The molecule has 0 atom stereocenters. The lowest BCUT2D eigenvalue weighted by atomic mass is 10.2. The summed E-state index contributed by atoms with van der Waals surface area (Å²) in [5.74, 6) is 0.0628. The number of hydrogen-bond acceptors (Lipinski definition) is 1. The maximum Gasteiger partial charge on any atom is 0.220 e. The monoisotopic (exact) mass is 259 g/mol. The molecule has 16 heavy (non-hydrogen) atoms. The van der Waals surface area contributed by atoms with E-state index in [9.17, 15) is 4.79 Å². The number of carbonyl (C=O) groups is 1. The normalized spacial score (nSPS) is 10.2. The second kappa shape index (κ2) is 6.77. The second-order valence-corrected chi connectivity index (χ2v) is 4.46. The van der Waals surface area contributed by atoms with Gasteiger partial charge in [-0.1, -0.05) is 42.6 Å². The molecular weight excluding hydrogens is 245 g/mol. The van der Waals surface area contributed by atoms with E-state index in [1.54, 1.807) is 12.1 Å². The third kappa shape index (κ3) is 4.42. The molecule has 0 radical (unpaired) electrons. The predicted molar refractivity (Wildman–Crippen MR) is 67.8 cm³/mol. The number of nitrogens with one attached hydrogen (secondary N) is 1. The Labute approximate surface area is 106 Å². The quantitative estimate of drug-likeness (QED) is 0.857. The number of hydrogen-bond donors (Lipinski definition) is 1. The van der Waals surface area contributed by atoms with Crippen LogP contribution in [0.25, 0.3) is 0 Å². The summed E-state index contributed by atoms with van der Waals surface area (Å²) in [6.07, 6.45) is 2.51. The van der Waals surface area contributed by atoms with Crippen molar-refractivity contribution < 1.29 is 4.79 Å². The first-order valence-electron chi connectivity index (χ1n) is 5.34. The Bertz CT molecular complexity index is 366. The van der Waals surface area contributed by atoms with Crippen LogP contribution < -0.4 is 5.32 Å². The summed E-state index contributed by atoms with van der Waals surface area (Å²) in [5, 5.41) is 4.02. The maximum absolute atomic E-state index is 11.4. The molecule has 0 aromatic heterocycles. The number of carbonyl (C=O) groups excluding carboxylic acids is 1. The Kier molecular flexibility index (Phi) is 5.64. The Hall–Kier alpha value is -0.730. The number of rotatable bonds is 5. The molecule has 88 valence electrons. The lowest BCUT2D eigenvalue weighted by Gasteiger charge is -2.06. The molecule has 1 aromatic rings. The van der Waals surface area contributed by atoms with Crippen molar-refractivity contribution >= 4 is 29.1 Å². The minimum Gasteiger partial charge on any atom is -0.352 e. The van der Waals surface area contributed by atoms with Gasteiger partial charge in [0.15, 0.2) is 0 Å². The molecule has 2 nitrogen and oxygen atoms in total. The van der Waals surface area contributed by atoms with Crippen LogP contribution >= 0.6 is 23.2 Å². The molecule has 0 aliphatic heterocycles. The summed E-state index contributed by atoms with van der Waals surface area (Å²) in [6.45, 7) is 2.52. The van der Waals surface area contributed by atoms with Gasteiger partial charge in [-0.05, 0) is 24.1 Å². The van der Waals surface area contributed by atoms with Gasteiger partial charge in [-0.2, -0.15) is 0 Å². The van der Waals surface area contributed by atoms with E-state index in [2.05, 4.69) is 12.2 Å². The fraction of sp³-hybridized carbons (Fsp3) is 0.417. The lowest BCUT2D eigenvalue weighted by molar-refractivity contribution is -0.121. The van der Waals surface area contributed by atoms with Crippen LogP contribution in [-0.4, -0.2) is 5.91 Å². The van der Waals surface area contributed by atoms with Gasteiger partial charge < -0.3 is 5.32 Å². The number of benzene rings is 1. The molecule has 0 saturated carbocycles. The van der Waals surface area contributed by atoms with Gasteiger partial charge in [0.2, 0.25) is 5.91 Å².